The fourth-order valence-corrected chi connectivity index (χ4v) is 1.96. The number of anilines is 1. The Morgan fingerprint density at radius 2 is 2.00 bits per heavy atom. The van der Waals surface area contributed by atoms with Crippen LogP contribution in [-0.2, 0) is 21.0 Å². The number of carbonyl (C=O) groups is 2. The average Bonchev–Trinajstić information content (AvgIpc) is 3.08. The van der Waals surface area contributed by atoms with Gasteiger partial charge in [-0.15, -0.1) is 0 Å². The summed E-state index contributed by atoms with van der Waals surface area (Å²) in [5, 5.41) is 9.12. The van der Waals surface area contributed by atoms with Gasteiger partial charge in [-0.3, -0.25) is 9.59 Å². The molecule has 9 heteroatoms. The molecule has 0 radical (unpaired) electrons. The molecule has 0 fully saturated rings. The smallest absolute Gasteiger partial charge is 0.261 e. The van der Waals surface area contributed by atoms with Gasteiger partial charge in [-0.2, -0.15) is 0 Å². The molecule has 2 amide bonds. The predicted octanol–water partition coefficient (Wildman–Crippen LogP) is 1.87. The Morgan fingerprint density at radius 1 is 1.20 bits per heavy atom. The number of amides is 2. The van der Waals surface area contributed by atoms with E-state index in [0.717, 1.165) is 0 Å². The molecule has 0 saturated carbocycles. The number of nitrogens with one attached hydrogen (secondary N) is 2. The highest BCUT2D eigenvalue weighted by molar-refractivity contribution is 6.33. The van der Waals surface area contributed by atoms with Crippen LogP contribution < -0.4 is 16.4 Å². The van der Waals surface area contributed by atoms with E-state index in [-0.39, 0.29) is 25.4 Å². The average molecular weight is 365 g/mol. The van der Waals surface area contributed by atoms with Crippen molar-refractivity contribution in [1.29, 1.82) is 0 Å². The van der Waals surface area contributed by atoms with Crippen molar-refractivity contribution in [1.82, 2.24) is 5.32 Å². The molecule has 0 aliphatic heterocycles. The lowest BCUT2D eigenvalue weighted by atomic mass is 10.3. The molecule has 0 bridgehead atoms. The first kappa shape index (κ1) is 18.3. The summed E-state index contributed by atoms with van der Waals surface area (Å²) in [5.41, 5.74) is 6.06. The maximum atomic E-state index is 11.8. The van der Waals surface area contributed by atoms with Gasteiger partial charge in [0.1, 0.15) is 11.6 Å². The Balaban J connectivity index is 1.69. The number of nitrogens with zero attached hydrogens (tertiary/aromatic N) is 1. The first-order valence-electron chi connectivity index (χ1n) is 7.32. The summed E-state index contributed by atoms with van der Waals surface area (Å²) >= 11 is 5.94. The Labute approximate surface area is 149 Å². The van der Waals surface area contributed by atoms with Gasteiger partial charge < -0.3 is 25.6 Å². The number of furan rings is 1. The van der Waals surface area contributed by atoms with Crippen molar-refractivity contribution in [3.63, 3.8) is 0 Å². The summed E-state index contributed by atoms with van der Waals surface area (Å²) in [5.74, 6) is -0.246. The van der Waals surface area contributed by atoms with Gasteiger partial charge in [-0.25, -0.2) is 0 Å². The number of halogens is 1. The van der Waals surface area contributed by atoms with Gasteiger partial charge in [0.05, 0.1) is 29.9 Å². The molecular weight excluding hydrogens is 348 g/mol. The normalized spacial score (nSPS) is 11.0. The van der Waals surface area contributed by atoms with E-state index in [0.29, 0.717) is 16.5 Å². The van der Waals surface area contributed by atoms with E-state index in [9.17, 15) is 9.59 Å². The number of benzene rings is 1. The molecule has 1 aromatic carbocycles. The number of hydrogen-bond donors (Lipinski definition) is 3. The second kappa shape index (κ2) is 9.33. The van der Waals surface area contributed by atoms with Gasteiger partial charge in [0.2, 0.25) is 5.91 Å². The van der Waals surface area contributed by atoms with Crippen molar-refractivity contribution >= 4 is 34.9 Å². The van der Waals surface area contributed by atoms with Crippen molar-refractivity contribution in [3.8, 4) is 0 Å². The van der Waals surface area contributed by atoms with Crippen molar-refractivity contribution in [2.75, 3.05) is 11.9 Å². The van der Waals surface area contributed by atoms with Crippen LogP contribution in [-0.4, -0.2) is 24.3 Å². The third-order valence-electron chi connectivity index (χ3n) is 2.91. The molecule has 132 valence electrons. The number of nitrogens with two attached hydrogens (primary N) is 1. The molecule has 0 aliphatic rings. The predicted molar refractivity (Wildman–Crippen MR) is 92.8 cm³/mol. The maximum absolute atomic E-state index is 11.8. The third-order valence-corrected chi connectivity index (χ3v) is 3.24. The number of hydrogen-bond acceptors (Lipinski definition) is 5. The summed E-state index contributed by atoms with van der Waals surface area (Å²) in [6.07, 6.45) is 1.32. The first-order chi connectivity index (χ1) is 12.0. The molecule has 2 aromatic rings. The standard InChI is InChI=1S/C16H17ClN4O4/c17-12-5-1-2-6-13(12)20-15(22)8-14(18)21-25-10-16(23)19-9-11-4-3-7-24-11/h1-7H,8-10H2,(H2,18,21)(H,19,23)(H,20,22). The minimum absolute atomic E-state index is 0.0663. The second-order valence-corrected chi connectivity index (χ2v) is 5.32. The van der Waals surface area contributed by atoms with E-state index in [2.05, 4.69) is 15.8 Å². The first-order valence-corrected chi connectivity index (χ1v) is 7.70. The minimum Gasteiger partial charge on any atom is -0.467 e. The highest BCUT2D eigenvalue weighted by Crippen LogP contribution is 2.20. The largest absolute Gasteiger partial charge is 0.467 e. The zero-order valence-corrected chi connectivity index (χ0v) is 14.0. The van der Waals surface area contributed by atoms with E-state index in [1.54, 1.807) is 36.4 Å². The summed E-state index contributed by atoms with van der Waals surface area (Å²) in [6.45, 7) is -0.0812. The summed E-state index contributed by atoms with van der Waals surface area (Å²) in [4.78, 5) is 28.2. The number of rotatable bonds is 8. The van der Waals surface area contributed by atoms with Gasteiger partial charge in [-0.1, -0.05) is 28.9 Å². The van der Waals surface area contributed by atoms with Crippen LogP contribution in [0.4, 0.5) is 5.69 Å². The zero-order chi connectivity index (χ0) is 18.1. The van der Waals surface area contributed by atoms with Crippen LogP contribution in [0.5, 0.6) is 0 Å². The van der Waals surface area contributed by atoms with Gasteiger partial charge >= 0.3 is 0 Å². The number of oxime groups is 1. The second-order valence-electron chi connectivity index (χ2n) is 4.92. The summed E-state index contributed by atoms with van der Waals surface area (Å²) in [6, 6.07) is 10.2. The van der Waals surface area contributed by atoms with Gasteiger partial charge in [-0.05, 0) is 24.3 Å². The number of para-hydroxylation sites is 1. The van der Waals surface area contributed by atoms with E-state index in [1.165, 1.54) is 6.26 Å². The van der Waals surface area contributed by atoms with Gasteiger partial charge in [0, 0.05) is 0 Å². The molecular formula is C16H17ClN4O4. The third kappa shape index (κ3) is 6.56. The lowest BCUT2D eigenvalue weighted by Crippen LogP contribution is -2.27. The number of carbonyl (C=O) groups excluding carboxylic acids is 2. The maximum Gasteiger partial charge on any atom is 0.261 e. The van der Waals surface area contributed by atoms with Gasteiger partial charge in [0.15, 0.2) is 6.61 Å². The van der Waals surface area contributed by atoms with Gasteiger partial charge in [0.25, 0.3) is 5.91 Å². The molecule has 0 unspecified atom stereocenters. The summed E-state index contributed by atoms with van der Waals surface area (Å²) < 4.78 is 5.07. The minimum atomic E-state index is -0.403. The molecule has 25 heavy (non-hydrogen) atoms. The Kier molecular flexibility index (Phi) is 6.85. The van der Waals surface area contributed by atoms with Crippen LogP contribution in [0.15, 0.2) is 52.2 Å². The van der Waals surface area contributed by atoms with Crippen LogP contribution in [0, 0.1) is 0 Å². The molecule has 0 spiro atoms. The van der Waals surface area contributed by atoms with E-state index < -0.39 is 11.8 Å². The van der Waals surface area contributed by atoms with Crippen molar-refractivity contribution in [3.05, 3.63) is 53.4 Å². The summed E-state index contributed by atoms with van der Waals surface area (Å²) in [7, 11) is 0. The highest BCUT2D eigenvalue weighted by atomic mass is 35.5. The fourth-order valence-electron chi connectivity index (χ4n) is 1.78. The van der Waals surface area contributed by atoms with Crippen LogP contribution in [0.2, 0.25) is 5.02 Å². The van der Waals surface area contributed by atoms with Crippen LogP contribution in [0.25, 0.3) is 0 Å². The van der Waals surface area contributed by atoms with Crippen LogP contribution in [0.3, 0.4) is 0 Å². The van der Waals surface area contributed by atoms with Crippen molar-refractivity contribution in [2.24, 2.45) is 10.9 Å². The SMILES string of the molecule is NC(CC(=O)Nc1ccccc1Cl)=NOCC(=O)NCc1ccco1. The molecule has 0 aliphatic carbocycles. The molecule has 2 rings (SSSR count). The van der Waals surface area contributed by atoms with Crippen LogP contribution in [0.1, 0.15) is 12.2 Å². The molecule has 1 aromatic heterocycles. The molecule has 8 nitrogen and oxygen atoms in total. The van der Waals surface area contributed by atoms with E-state index in [1.807, 2.05) is 0 Å². The molecule has 4 N–H and O–H groups in total. The highest BCUT2D eigenvalue weighted by Gasteiger charge is 2.08. The molecule has 0 atom stereocenters. The Hall–Kier alpha value is -3.00. The lowest BCUT2D eigenvalue weighted by molar-refractivity contribution is -0.125. The number of amidine groups is 1. The zero-order valence-electron chi connectivity index (χ0n) is 13.2. The van der Waals surface area contributed by atoms with E-state index >= 15 is 0 Å². The topological polar surface area (TPSA) is 119 Å². The fraction of sp³-hybridized carbons (Fsp3) is 0.188. The van der Waals surface area contributed by atoms with E-state index in [4.69, 9.17) is 26.6 Å². The Bertz CT molecular complexity index is 746. The van der Waals surface area contributed by atoms with Crippen LogP contribution >= 0.6 is 11.6 Å². The lowest BCUT2D eigenvalue weighted by Gasteiger charge is -2.06. The quantitative estimate of drug-likeness (QED) is 0.375. The monoisotopic (exact) mass is 364 g/mol. The molecule has 0 saturated heterocycles. The van der Waals surface area contributed by atoms with Crippen molar-refractivity contribution in [2.45, 2.75) is 13.0 Å². The van der Waals surface area contributed by atoms with Crippen molar-refractivity contribution < 1.29 is 18.8 Å². The Morgan fingerprint density at radius 3 is 2.72 bits per heavy atom. The molecule has 1 heterocycles.